The molecule has 1 atom stereocenters. The summed E-state index contributed by atoms with van der Waals surface area (Å²) in [7, 11) is 0. The molecule has 0 spiro atoms. The maximum atomic E-state index is 13.0. The zero-order chi connectivity index (χ0) is 11.1. The van der Waals surface area contributed by atoms with E-state index in [1.165, 1.54) is 0 Å². The zero-order valence-electron chi connectivity index (χ0n) is 8.27. The third-order valence-corrected chi connectivity index (χ3v) is 3.12. The fourth-order valence-electron chi connectivity index (χ4n) is 1.64. The Kier molecular flexibility index (Phi) is 2.69. The van der Waals surface area contributed by atoms with Crippen LogP contribution in [0.1, 0.15) is 29.0 Å². The number of ether oxygens (including phenoxy) is 1. The first-order valence-electron chi connectivity index (χ1n) is 4.70. The molecule has 1 unspecified atom stereocenters. The summed E-state index contributed by atoms with van der Waals surface area (Å²) in [6.07, 6.45) is 0. The van der Waals surface area contributed by atoms with Gasteiger partial charge in [0.25, 0.3) is 5.92 Å². The summed E-state index contributed by atoms with van der Waals surface area (Å²) in [6, 6.07) is 5.15. The predicted molar refractivity (Wildman–Crippen MR) is 54.2 cm³/mol. The molecule has 0 saturated carbocycles. The lowest BCUT2D eigenvalue weighted by Crippen LogP contribution is -2.17. The number of benzene rings is 1. The van der Waals surface area contributed by atoms with Gasteiger partial charge in [-0.3, -0.25) is 0 Å². The molecule has 0 bridgehead atoms. The first-order valence-corrected chi connectivity index (χ1v) is 5.13. The predicted octanol–water partition coefficient (Wildman–Crippen LogP) is 3.65. The topological polar surface area (TPSA) is 9.23 Å². The highest BCUT2D eigenvalue weighted by Crippen LogP contribution is 2.37. The largest absolute Gasteiger partial charge is 0.372 e. The number of fused-ring (bicyclic) bond motifs is 1. The minimum Gasteiger partial charge on any atom is -0.372 e. The molecule has 1 aliphatic heterocycles. The van der Waals surface area contributed by atoms with E-state index in [4.69, 9.17) is 16.3 Å². The van der Waals surface area contributed by atoms with Gasteiger partial charge in [0.05, 0.1) is 13.2 Å². The molecule has 0 aromatic heterocycles. The highest BCUT2D eigenvalue weighted by Gasteiger charge is 2.34. The van der Waals surface area contributed by atoms with Crippen molar-refractivity contribution in [2.24, 2.45) is 0 Å². The van der Waals surface area contributed by atoms with Crippen LogP contribution in [0.4, 0.5) is 8.78 Å². The van der Waals surface area contributed by atoms with Gasteiger partial charge in [-0.25, -0.2) is 8.78 Å². The first-order chi connectivity index (χ1) is 6.98. The monoisotopic (exact) mass is 232 g/mol. The van der Waals surface area contributed by atoms with Crippen LogP contribution in [0.5, 0.6) is 0 Å². The van der Waals surface area contributed by atoms with E-state index in [-0.39, 0.29) is 0 Å². The molecule has 0 saturated heterocycles. The van der Waals surface area contributed by atoms with Crippen molar-refractivity contribution in [3.8, 4) is 0 Å². The summed E-state index contributed by atoms with van der Waals surface area (Å²) in [5, 5.41) is -1.27. The van der Waals surface area contributed by atoms with Gasteiger partial charge in [-0.15, -0.1) is 11.6 Å². The molecule has 82 valence electrons. The van der Waals surface area contributed by atoms with Crippen molar-refractivity contribution >= 4 is 11.6 Å². The van der Waals surface area contributed by atoms with Crippen LogP contribution in [0.25, 0.3) is 0 Å². The van der Waals surface area contributed by atoms with Gasteiger partial charge in [0.1, 0.15) is 5.38 Å². The second kappa shape index (κ2) is 3.72. The van der Waals surface area contributed by atoms with Crippen LogP contribution in [0, 0.1) is 0 Å². The average molecular weight is 233 g/mol. The molecule has 0 N–H and O–H groups in total. The molecule has 1 aromatic rings. The van der Waals surface area contributed by atoms with Crippen molar-refractivity contribution < 1.29 is 13.5 Å². The molecule has 1 nitrogen and oxygen atoms in total. The van der Waals surface area contributed by atoms with Crippen LogP contribution >= 0.6 is 11.6 Å². The van der Waals surface area contributed by atoms with E-state index in [1.807, 2.05) is 0 Å². The molecule has 1 aliphatic rings. The van der Waals surface area contributed by atoms with Gasteiger partial charge in [0, 0.05) is 6.92 Å². The van der Waals surface area contributed by atoms with Crippen LogP contribution < -0.4 is 0 Å². The standard InChI is InChI=1S/C11H11ClF2O/c1-11(13,14)10(12)7-2-3-8-5-15-6-9(8)4-7/h2-4,10H,5-6H2,1H3. The fraction of sp³-hybridized carbons (Fsp3) is 0.455. The van der Waals surface area contributed by atoms with Gasteiger partial charge in [-0.2, -0.15) is 0 Å². The molecular formula is C11H11ClF2O. The molecule has 1 aromatic carbocycles. The van der Waals surface area contributed by atoms with Crippen LogP contribution in [-0.4, -0.2) is 5.92 Å². The number of alkyl halides is 3. The van der Waals surface area contributed by atoms with Crippen molar-refractivity contribution in [2.45, 2.75) is 31.4 Å². The Hall–Kier alpha value is -0.670. The maximum Gasteiger partial charge on any atom is 0.265 e. The third kappa shape index (κ3) is 2.13. The van der Waals surface area contributed by atoms with Crippen molar-refractivity contribution in [1.29, 1.82) is 0 Å². The van der Waals surface area contributed by atoms with Gasteiger partial charge in [0.2, 0.25) is 0 Å². The zero-order valence-corrected chi connectivity index (χ0v) is 9.02. The molecule has 2 rings (SSSR count). The van der Waals surface area contributed by atoms with Gasteiger partial charge in [0.15, 0.2) is 0 Å². The van der Waals surface area contributed by atoms with Crippen molar-refractivity contribution in [3.05, 3.63) is 34.9 Å². The van der Waals surface area contributed by atoms with Crippen molar-refractivity contribution in [2.75, 3.05) is 0 Å². The lowest BCUT2D eigenvalue weighted by molar-refractivity contribution is 0.0169. The molecule has 0 aliphatic carbocycles. The fourth-order valence-corrected chi connectivity index (χ4v) is 1.78. The summed E-state index contributed by atoms with van der Waals surface area (Å²) in [5.41, 5.74) is 2.47. The Balaban J connectivity index is 2.31. The lowest BCUT2D eigenvalue weighted by atomic mass is 10.0. The summed E-state index contributed by atoms with van der Waals surface area (Å²) in [5.74, 6) is -2.91. The molecule has 15 heavy (non-hydrogen) atoms. The minimum atomic E-state index is -2.91. The molecule has 0 amide bonds. The highest BCUT2D eigenvalue weighted by atomic mass is 35.5. The number of rotatable bonds is 2. The second-order valence-corrected chi connectivity index (χ2v) is 4.28. The highest BCUT2D eigenvalue weighted by molar-refractivity contribution is 6.21. The smallest absolute Gasteiger partial charge is 0.265 e. The number of hydrogen-bond acceptors (Lipinski definition) is 1. The normalized spacial score (nSPS) is 17.6. The van der Waals surface area contributed by atoms with E-state index in [1.54, 1.807) is 18.2 Å². The van der Waals surface area contributed by atoms with E-state index in [9.17, 15) is 8.78 Å². The summed E-state index contributed by atoms with van der Waals surface area (Å²) >= 11 is 5.69. The molecule has 0 fully saturated rings. The summed E-state index contributed by atoms with van der Waals surface area (Å²) in [4.78, 5) is 0. The number of halogens is 3. The van der Waals surface area contributed by atoms with Gasteiger partial charge >= 0.3 is 0 Å². The van der Waals surface area contributed by atoms with Crippen LogP contribution in [0.2, 0.25) is 0 Å². The molecule has 4 heteroatoms. The average Bonchev–Trinajstić information content (AvgIpc) is 2.61. The molecule has 0 radical (unpaired) electrons. The Morgan fingerprint density at radius 3 is 2.67 bits per heavy atom. The van der Waals surface area contributed by atoms with E-state index < -0.39 is 11.3 Å². The Labute approximate surface area is 92.0 Å². The first kappa shape index (κ1) is 10.8. The number of hydrogen-bond donors (Lipinski definition) is 0. The van der Waals surface area contributed by atoms with Crippen LogP contribution in [0.15, 0.2) is 18.2 Å². The van der Waals surface area contributed by atoms with E-state index in [0.29, 0.717) is 18.8 Å². The Bertz CT molecular complexity index is 373. The Morgan fingerprint density at radius 2 is 2.00 bits per heavy atom. The van der Waals surface area contributed by atoms with Crippen LogP contribution in [-0.2, 0) is 18.0 Å². The summed E-state index contributed by atoms with van der Waals surface area (Å²) in [6.45, 7) is 1.88. The van der Waals surface area contributed by atoms with Crippen molar-refractivity contribution in [1.82, 2.24) is 0 Å². The third-order valence-electron chi connectivity index (χ3n) is 2.48. The lowest BCUT2D eigenvalue weighted by Gasteiger charge is -2.18. The van der Waals surface area contributed by atoms with Gasteiger partial charge < -0.3 is 4.74 Å². The molecule has 1 heterocycles. The van der Waals surface area contributed by atoms with Crippen molar-refractivity contribution in [3.63, 3.8) is 0 Å². The SMILES string of the molecule is CC(F)(F)C(Cl)c1ccc2c(c1)COC2. The van der Waals surface area contributed by atoms with E-state index in [2.05, 4.69) is 0 Å². The van der Waals surface area contributed by atoms with Crippen LogP contribution in [0.3, 0.4) is 0 Å². The second-order valence-electron chi connectivity index (χ2n) is 3.84. The maximum absolute atomic E-state index is 13.0. The van der Waals surface area contributed by atoms with E-state index in [0.717, 1.165) is 18.1 Å². The quantitative estimate of drug-likeness (QED) is 0.708. The molecular weight excluding hydrogens is 222 g/mol. The van der Waals surface area contributed by atoms with E-state index >= 15 is 0 Å². The van der Waals surface area contributed by atoms with Gasteiger partial charge in [-0.1, -0.05) is 18.2 Å². The minimum absolute atomic E-state index is 0.452. The van der Waals surface area contributed by atoms with Gasteiger partial charge in [-0.05, 0) is 16.7 Å². The summed E-state index contributed by atoms with van der Waals surface area (Å²) < 4.78 is 31.2. The Morgan fingerprint density at radius 1 is 1.33 bits per heavy atom.